The molecule has 1 aromatic carbocycles. The second kappa shape index (κ2) is 7.38. The van der Waals surface area contributed by atoms with E-state index in [1.165, 1.54) is 23.4 Å². The van der Waals surface area contributed by atoms with Gasteiger partial charge in [-0.15, -0.1) is 5.10 Å². The van der Waals surface area contributed by atoms with Gasteiger partial charge in [0.25, 0.3) is 0 Å². The van der Waals surface area contributed by atoms with E-state index in [1.54, 1.807) is 24.3 Å². The van der Waals surface area contributed by atoms with Crippen molar-refractivity contribution in [1.82, 2.24) is 14.5 Å². The molecule has 2 aromatic rings. The summed E-state index contributed by atoms with van der Waals surface area (Å²) in [5.74, 6) is 0.179. The summed E-state index contributed by atoms with van der Waals surface area (Å²) in [6.07, 6.45) is 0.319. The van der Waals surface area contributed by atoms with Crippen molar-refractivity contribution >= 4 is 21.6 Å². The maximum atomic E-state index is 12.8. The van der Waals surface area contributed by atoms with Gasteiger partial charge in [-0.25, -0.2) is 8.42 Å². The number of ether oxygens (including phenoxy) is 1. The van der Waals surface area contributed by atoms with Gasteiger partial charge in [-0.2, -0.15) is 9.40 Å². The number of aryl methyl sites for hydroxylation is 1. The summed E-state index contributed by atoms with van der Waals surface area (Å²) in [7, 11) is -3.61. The van der Waals surface area contributed by atoms with E-state index in [2.05, 4.69) is 15.5 Å². The first-order chi connectivity index (χ1) is 12.3. The predicted octanol–water partition coefficient (Wildman–Crippen LogP) is 1.59. The zero-order valence-corrected chi connectivity index (χ0v) is 15.4. The number of nitrogens with zero attached hydrogens (tertiary/aromatic N) is 3. The van der Waals surface area contributed by atoms with E-state index in [9.17, 15) is 13.2 Å². The number of anilines is 1. The van der Waals surface area contributed by atoms with Crippen LogP contribution in [0, 0.1) is 6.92 Å². The van der Waals surface area contributed by atoms with Gasteiger partial charge < -0.3 is 10.1 Å². The number of carbonyl (C=O) groups is 1. The van der Waals surface area contributed by atoms with E-state index >= 15 is 0 Å². The molecule has 1 atom stereocenters. The van der Waals surface area contributed by atoms with Crippen LogP contribution in [0.3, 0.4) is 0 Å². The summed E-state index contributed by atoms with van der Waals surface area (Å²) >= 11 is 0. The van der Waals surface area contributed by atoms with Crippen LogP contribution in [0.5, 0.6) is 5.88 Å². The summed E-state index contributed by atoms with van der Waals surface area (Å²) < 4.78 is 32.7. The van der Waals surface area contributed by atoms with E-state index in [4.69, 9.17) is 4.74 Å². The van der Waals surface area contributed by atoms with E-state index in [0.29, 0.717) is 24.5 Å². The first-order valence-electron chi connectivity index (χ1n) is 8.19. The highest BCUT2D eigenvalue weighted by Crippen LogP contribution is 2.24. The van der Waals surface area contributed by atoms with Crippen molar-refractivity contribution in [3.8, 4) is 5.88 Å². The van der Waals surface area contributed by atoms with Crippen molar-refractivity contribution in [2.24, 2.45) is 0 Å². The Hall–Kier alpha value is -2.52. The molecule has 0 saturated carbocycles. The van der Waals surface area contributed by atoms with Crippen LogP contribution in [-0.4, -0.2) is 48.0 Å². The van der Waals surface area contributed by atoms with Crippen LogP contribution >= 0.6 is 0 Å². The molecule has 0 bridgehead atoms. The van der Waals surface area contributed by atoms with Gasteiger partial charge in [-0.05, 0) is 43.7 Å². The first kappa shape index (κ1) is 18.3. The number of aromatic nitrogens is 2. The third-order valence-corrected chi connectivity index (χ3v) is 5.86. The van der Waals surface area contributed by atoms with Gasteiger partial charge in [0.15, 0.2) is 0 Å². The first-order valence-corrected chi connectivity index (χ1v) is 9.63. The normalized spacial score (nSPS) is 17.8. The molecule has 1 N–H and O–H groups in total. The average molecular weight is 376 g/mol. The molecule has 3 rings (SSSR count). The number of sulfonamides is 1. The molecule has 2 heterocycles. The molecule has 1 aliphatic heterocycles. The van der Waals surface area contributed by atoms with Crippen molar-refractivity contribution in [1.29, 1.82) is 0 Å². The van der Waals surface area contributed by atoms with E-state index in [0.717, 1.165) is 5.69 Å². The number of hydrogen-bond donors (Lipinski definition) is 1. The lowest BCUT2D eigenvalue weighted by atomic mass is 10.3. The zero-order chi connectivity index (χ0) is 18.7. The fourth-order valence-corrected chi connectivity index (χ4v) is 4.18. The minimum absolute atomic E-state index is 0.183. The molecule has 138 valence electrons. The van der Waals surface area contributed by atoms with Gasteiger partial charge in [0.05, 0.1) is 17.1 Å². The van der Waals surface area contributed by atoms with Crippen LogP contribution in [-0.2, 0) is 14.8 Å². The van der Waals surface area contributed by atoms with E-state index in [1.807, 2.05) is 6.92 Å². The Bertz CT molecular complexity index is 882. The number of hydrogen-bond acceptors (Lipinski definition) is 6. The molecule has 8 nitrogen and oxygen atoms in total. The lowest BCUT2D eigenvalue weighted by Gasteiger charge is -2.17. The molecule has 1 unspecified atom stereocenters. The van der Waals surface area contributed by atoms with Crippen LogP contribution < -0.4 is 10.1 Å². The van der Waals surface area contributed by atoms with Crippen LogP contribution in [0.25, 0.3) is 0 Å². The Kier molecular flexibility index (Phi) is 5.19. The lowest BCUT2D eigenvalue weighted by Crippen LogP contribution is -2.31. The Labute approximate surface area is 152 Å². The molecule has 26 heavy (non-hydrogen) atoms. The maximum Gasteiger partial charge on any atom is 0.243 e. The predicted molar refractivity (Wildman–Crippen MR) is 95.3 cm³/mol. The van der Waals surface area contributed by atoms with Crippen molar-refractivity contribution in [2.45, 2.75) is 31.3 Å². The Morgan fingerprint density at radius 3 is 2.54 bits per heavy atom. The fourth-order valence-electron chi connectivity index (χ4n) is 2.70. The van der Waals surface area contributed by atoms with Gasteiger partial charge >= 0.3 is 0 Å². The number of amides is 1. The molecule has 0 aliphatic carbocycles. The average Bonchev–Trinajstić information content (AvgIpc) is 3.06. The fraction of sp³-hybridized carbons (Fsp3) is 0.353. The van der Waals surface area contributed by atoms with Crippen molar-refractivity contribution in [3.05, 3.63) is 42.1 Å². The molecule has 1 aromatic heterocycles. The molecule has 0 spiro atoms. The molecule has 1 fully saturated rings. The van der Waals surface area contributed by atoms with Gasteiger partial charge in [0.2, 0.25) is 21.8 Å². The van der Waals surface area contributed by atoms with Gasteiger partial charge in [-0.3, -0.25) is 4.79 Å². The number of carbonyl (C=O) groups excluding carboxylic acids is 1. The van der Waals surface area contributed by atoms with E-state index < -0.39 is 10.0 Å². The quantitative estimate of drug-likeness (QED) is 0.850. The zero-order valence-electron chi connectivity index (χ0n) is 14.5. The SMILES string of the molecule is CC(=O)Nc1ccc(S(=O)(=O)N2CCC(Oc3ccc(C)nn3)C2)cc1. The minimum atomic E-state index is -3.61. The van der Waals surface area contributed by atoms with Crippen molar-refractivity contribution in [2.75, 3.05) is 18.4 Å². The lowest BCUT2D eigenvalue weighted by molar-refractivity contribution is -0.114. The number of rotatable bonds is 5. The monoisotopic (exact) mass is 376 g/mol. The highest BCUT2D eigenvalue weighted by atomic mass is 32.2. The number of nitrogens with one attached hydrogen (secondary N) is 1. The third-order valence-electron chi connectivity index (χ3n) is 3.98. The summed E-state index contributed by atoms with van der Waals surface area (Å²) in [6.45, 7) is 3.86. The second-order valence-electron chi connectivity index (χ2n) is 6.11. The summed E-state index contributed by atoms with van der Waals surface area (Å²) in [6, 6.07) is 9.63. The Balaban J connectivity index is 1.66. The van der Waals surface area contributed by atoms with Crippen LogP contribution in [0.15, 0.2) is 41.3 Å². The Morgan fingerprint density at radius 2 is 1.92 bits per heavy atom. The van der Waals surface area contributed by atoms with Crippen LogP contribution in [0.2, 0.25) is 0 Å². The van der Waals surface area contributed by atoms with E-state index in [-0.39, 0.29) is 23.5 Å². The molecular formula is C17H20N4O4S. The smallest absolute Gasteiger partial charge is 0.243 e. The van der Waals surface area contributed by atoms with Gasteiger partial charge in [0.1, 0.15) is 6.10 Å². The maximum absolute atomic E-state index is 12.8. The van der Waals surface area contributed by atoms with Crippen LogP contribution in [0.1, 0.15) is 19.0 Å². The standard InChI is InChI=1S/C17H20N4O4S/c1-12-3-8-17(20-19-12)25-15-9-10-21(11-15)26(23,24)16-6-4-14(5-7-16)18-13(2)22/h3-8,15H,9-11H2,1-2H3,(H,18,22). The summed E-state index contributed by atoms with van der Waals surface area (Å²) in [5, 5.41) is 10.5. The Morgan fingerprint density at radius 1 is 1.19 bits per heavy atom. The highest BCUT2D eigenvalue weighted by molar-refractivity contribution is 7.89. The molecule has 1 saturated heterocycles. The molecule has 9 heteroatoms. The summed E-state index contributed by atoms with van der Waals surface area (Å²) in [4.78, 5) is 11.2. The molecule has 1 amide bonds. The molecule has 1 aliphatic rings. The topological polar surface area (TPSA) is 101 Å². The van der Waals surface area contributed by atoms with Crippen molar-refractivity contribution < 1.29 is 17.9 Å². The van der Waals surface area contributed by atoms with Crippen molar-refractivity contribution in [3.63, 3.8) is 0 Å². The molecule has 0 radical (unpaired) electrons. The van der Waals surface area contributed by atoms with Gasteiger partial charge in [-0.1, -0.05) is 0 Å². The summed E-state index contributed by atoms with van der Waals surface area (Å²) in [5.41, 5.74) is 1.34. The third kappa shape index (κ3) is 4.17. The highest BCUT2D eigenvalue weighted by Gasteiger charge is 2.33. The largest absolute Gasteiger partial charge is 0.472 e. The molecular weight excluding hydrogens is 356 g/mol. The number of benzene rings is 1. The van der Waals surface area contributed by atoms with Gasteiger partial charge in [0, 0.05) is 25.2 Å². The minimum Gasteiger partial charge on any atom is -0.472 e. The second-order valence-corrected chi connectivity index (χ2v) is 8.05. The van der Waals surface area contributed by atoms with Crippen LogP contribution in [0.4, 0.5) is 5.69 Å².